The van der Waals surface area contributed by atoms with Gasteiger partial charge in [-0.3, -0.25) is 0 Å². The normalized spacial score (nSPS) is 30.6. The summed E-state index contributed by atoms with van der Waals surface area (Å²) in [6.07, 6.45) is 13.0. The molecule has 0 aromatic heterocycles. The molecule has 1 heterocycles. The first-order chi connectivity index (χ1) is 7.40. The summed E-state index contributed by atoms with van der Waals surface area (Å²) >= 11 is 2.21. The van der Waals surface area contributed by atoms with Crippen molar-refractivity contribution in [3.05, 3.63) is 0 Å². The van der Waals surface area contributed by atoms with Crippen LogP contribution in [-0.2, 0) is 0 Å². The van der Waals surface area contributed by atoms with Gasteiger partial charge in [-0.05, 0) is 32.1 Å². The maximum absolute atomic E-state index is 2.72. The number of hydrogen-bond acceptors (Lipinski definition) is 2. The molecule has 2 fully saturated rings. The van der Waals surface area contributed by atoms with Gasteiger partial charge in [0.15, 0.2) is 0 Å². The number of nitrogens with zero attached hydrogens (tertiary/aromatic N) is 1. The summed E-state index contributed by atoms with van der Waals surface area (Å²) in [5.74, 6) is 0. The number of rotatable bonds is 3. The van der Waals surface area contributed by atoms with E-state index in [0.29, 0.717) is 0 Å². The average molecular weight is 227 g/mol. The van der Waals surface area contributed by atoms with E-state index < -0.39 is 0 Å². The van der Waals surface area contributed by atoms with Gasteiger partial charge in [-0.15, -0.1) is 0 Å². The third kappa shape index (κ3) is 3.39. The zero-order chi connectivity index (χ0) is 10.5. The fraction of sp³-hybridized carbons (Fsp3) is 1.00. The van der Waals surface area contributed by atoms with E-state index in [9.17, 15) is 0 Å². The van der Waals surface area contributed by atoms with Crippen LogP contribution in [0.2, 0.25) is 0 Å². The van der Waals surface area contributed by atoms with E-state index in [4.69, 9.17) is 0 Å². The van der Waals surface area contributed by atoms with Crippen LogP contribution in [0.15, 0.2) is 0 Å². The Morgan fingerprint density at radius 1 is 1.00 bits per heavy atom. The van der Waals surface area contributed by atoms with Gasteiger partial charge in [0.05, 0.1) is 0 Å². The van der Waals surface area contributed by atoms with Crippen LogP contribution in [0.3, 0.4) is 0 Å². The maximum Gasteiger partial charge on any atom is 0.0200 e. The van der Waals surface area contributed by atoms with Crippen molar-refractivity contribution in [2.24, 2.45) is 0 Å². The highest BCUT2D eigenvalue weighted by molar-refractivity contribution is 7.97. The molecule has 0 radical (unpaired) electrons. The third-order valence-electron chi connectivity index (χ3n) is 3.88. The monoisotopic (exact) mass is 227 g/mol. The Balaban J connectivity index is 1.79. The van der Waals surface area contributed by atoms with Crippen LogP contribution in [0.1, 0.15) is 64.7 Å². The van der Waals surface area contributed by atoms with Crippen molar-refractivity contribution in [3.63, 3.8) is 0 Å². The van der Waals surface area contributed by atoms with E-state index >= 15 is 0 Å². The Bertz CT molecular complexity index is 177. The molecule has 0 spiro atoms. The molecular formula is C13H25NS. The Labute approximate surface area is 99.1 Å². The Hall–Kier alpha value is 0.310. The van der Waals surface area contributed by atoms with Gasteiger partial charge in [0.1, 0.15) is 0 Å². The molecule has 1 aliphatic heterocycles. The molecule has 2 aliphatic rings. The summed E-state index contributed by atoms with van der Waals surface area (Å²) in [6.45, 7) is 3.70. The van der Waals surface area contributed by atoms with Crippen molar-refractivity contribution in [2.45, 2.75) is 76.0 Å². The second kappa shape index (κ2) is 6.15. The van der Waals surface area contributed by atoms with Gasteiger partial charge in [0.25, 0.3) is 0 Å². The van der Waals surface area contributed by atoms with E-state index in [1.54, 1.807) is 0 Å². The molecule has 1 saturated heterocycles. The minimum Gasteiger partial charge on any atom is -0.247 e. The Kier molecular flexibility index (Phi) is 4.83. The van der Waals surface area contributed by atoms with Gasteiger partial charge in [-0.2, -0.15) is 0 Å². The van der Waals surface area contributed by atoms with Gasteiger partial charge >= 0.3 is 0 Å². The lowest BCUT2D eigenvalue weighted by atomic mass is 10.0. The van der Waals surface area contributed by atoms with Crippen LogP contribution < -0.4 is 0 Å². The van der Waals surface area contributed by atoms with Crippen LogP contribution in [0.5, 0.6) is 0 Å². The van der Waals surface area contributed by atoms with Crippen molar-refractivity contribution in [1.29, 1.82) is 0 Å². The van der Waals surface area contributed by atoms with Crippen molar-refractivity contribution < 1.29 is 0 Å². The highest BCUT2D eigenvalue weighted by atomic mass is 32.2. The molecule has 1 nitrogen and oxygen atoms in total. The summed E-state index contributed by atoms with van der Waals surface area (Å²) < 4.78 is 2.72. The summed E-state index contributed by atoms with van der Waals surface area (Å²) in [5.41, 5.74) is 0. The van der Waals surface area contributed by atoms with Crippen molar-refractivity contribution in [2.75, 3.05) is 6.54 Å². The molecule has 0 bridgehead atoms. The summed E-state index contributed by atoms with van der Waals surface area (Å²) in [5, 5.41) is 0.950. The first-order valence-electron chi connectivity index (χ1n) is 6.83. The van der Waals surface area contributed by atoms with Gasteiger partial charge in [-0.25, -0.2) is 4.31 Å². The molecule has 0 aromatic carbocycles. The molecular weight excluding hydrogens is 202 g/mol. The predicted molar refractivity (Wildman–Crippen MR) is 69.1 cm³/mol. The first kappa shape index (κ1) is 11.8. The first-order valence-corrected chi connectivity index (χ1v) is 7.67. The summed E-state index contributed by atoms with van der Waals surface area (Å²) in [4.78, 5) is 0. The highest BCUT2D eigenvalue weighted by Crippen LogP contribution is 2.35. The number of piperidine rings is 1. The smallest absolute Gasteiger partial charge is 0.0200 e. The van der Waals surface area contributed by atoms with Crippen LogP contribution in [-0.4, -0.2) is 22.1 Å². The molecule has 2 heteroatoms. The second-order valence-corrected chi connectivity index (χ2v) is 6.41. The lowest BCUT2D eigenvalue weighted by molar-refractivity contribution is 0.265. The molecule has 88 valence electrons. The van der Waals surface area contributed by atoms with E-state index in [1.807, 2.05) is 0 Å². The van der Waals surface area contributed by atoms with Gasteiger partial charge in [-0.1, -0.05) is 44.6 Å². The molecule has 2 rings (SSSR count). The molecule has 0 aromatic rings. The minimum absolute atomic E-state index is 0.880. The highest BCUT2D eigenvalue weighted by Gasteiger charge is 2.25. The fourth-order valence-electron chi connectivity index (χ4n) is 2.88. The van der Waals surface area contributed by atoms with Crippen molar-refractivity contribution >= 4 is 11.9 Å². The van der Waals surface area contributed by atoms with Crippen molar-refractivity contribution in [3.8, 4) is 0 Å². The van der Waals surface area contributed by atoms with E-state index in [2.05, 4.69) is 23.2 Å². The molecule has 1 aliphatic carbocycles. The van der Waals surface area contributed by atoms with Crippen LogP contribution in [0.4, 0.5) is 0 Å². The van der Waals surface area contributed by atoms with E-state index in [-0.39, 0.29) is 0 Å². The molecule has 1 saturated carbocycles. The second-order valence-electron chi connectivity index (χ2n) is 5.06. The molecule has 0 amide bonds. The van der Waals surface area contributed by atoms with Crippen molar-refractivity contribution in [1.82, 2.24) is 4.31 Å². The zero-order valence-electron chi connectivity index (χ0n) is 10.1. The molecule has 1 unspecified atom stereocenters. The molecule has 0 N–H and O–H groups in total. The zero-order valence-corrected chi connectivity index (χ0v) is 10.9. The topological polar surface area (TPSA) is 3.24 Å². The molecule has 1 atom stereocenters. The van der Waals surface area contributed by atoms with Gasteiger partial charge in [0.2, 0.25) is 0 Å². The van der Waals surface area contributed by atoms with E-state index in [1.165, 1.54) is 64.3 Å². The Morgan fingerprint density at radius 2 is 1.73 bits per heavy atom. The SMILES string of the molecule is CCC1CCCCN1SC1CCCCC1. The lowest BCUT2D eigenvalue weighted by Crippen LogP contribution is -2.35. The summed E-state index contributed by atoms with van der Waals surface area (Å²) in [7, 11) is 0. The van der Waals surface area contributed by atoms with Gasteiger partial charge in [0, 0.05) is 17.8 Å². The quantitative estimate of drug-likeness (QED) is 0.664. The predicted octanol–water partition coefficient (Wildman–Crippen LogP) is 4.23. The maximum atomic E-state index is 2.72. The average Bonchev–Trinajstić information content (AvgIpc) is 2.31. The Morgan fingerprint density at radius 3 is 2.47 bits per heavy atom. The summed E-state index contributed by atoms with van der Waals surface area (Å²) in [6, 6.07) is 0.880. The largest absolute Gasteiger partial charge is 0.247 e. The lowest BCUT2D eigenvalue weighted by Gasteiger charge is -2.37. The fourth-order valence-corrected chi connectivity index (χ4v) is 4.47. The van der Waals surface area contributed by atoms with Crippen LogP contribution in [0, 0.1) is 0 Å². The van der Waals surface area contributed by atoms with Crippen LogP contribution in [0.25, 0.3) is 0 Å². The third-order valence-corrected chi connectivity index (χ3v) is 5.40. The number of hydrogen-bond donors (Lipinski definition) is 0. The minimum atomic E-state index is 0.880. The molecule has 15 heavy (non-hydrogen) atoms. The standard InChI is InChI=1S/C13H25NS/c1-2-12-8-6-7-11-14(12)15-13-9-4-3-5-10-13/h12-13H,2-11H2,1H3. The van der Waals surface area contributed by atoms with E-state index in [0.717, 1.165) is 11.3 Å². The van der Waals surface area contributed by atoms with Crippen LogP contribution >= 0.6 is 11.9 Å². The van der Waals surface area contributed by atoms with Gasteiger partial charge < -0.3 is 0 Å².